The molecule has 0 radical (unpaired) electrons. The van der Waals surface area contributed by atoms with Crippen LogP contribution in [0.5, 0.6) is 11.5 Å². The van der Waals surface area contributed by atoms with Crippen molar-refractivity contribution in [2.24, 2.45) is 5.41 Å². The molecule has 212 valence electrons. The Hall–Kier alpha value is -3.98. The van der Waals surface area contributed by atoms with Gasteiger partial charge in [-0.1, -0.05) is 18.7 Å². The molecule has 0 bridgehead atoms. The lowest BCUT2D eigenvalue weighted by Crippen LogP contribution is -2.61. The Morgan fingerprint density at radius 3 is 2.61 bits per heavy atom. The van der Waals surface area contributed by atoms with Gasteiger partial charge in [0.25, 0.3) is 0 Å². The molecule has 3 aliphatic rings. The minimum Gasteiger partial charge on any atom is -0.454 e. The monoisotopic (exact) mass is 551 g/mol. The van der Waals surface area contributed by atoms with Crippen molar-refractivity contribution >= 4 is 33.5 Å². The maximum Gasteiger partial charge on any atom is 0.245 e. The van der Waals surface area contributed by atoms with E-state index in [1.54, 1.807) is 0 Å². The average molecular weight is 552 g/mol. The number of aryl methyl sites for hydroxylation is 1. The SMILES string of the molecule is C=CC(=O)N1CC2(CCN(c3nc(C4CCN(C)CC4)nc4c(Oc5c(C)ccc6[nH]ncc56)cccc34)CC2)C1. The number of aromatic amines is 1. The van der Waals surface area contributed by atoms with Crippen LogP contribution in [0.25, 0.3) is 21.8 Å². The summed E-state index contributed by atoms with van der Waals surface area (Å²) >= 11 is 0. The normalized spacial score (nSPS) is 19.6. The molecule has 3 saturated heterocycles. The minimum absolute atomic E-state index is 0.0384. The van der Waals surface area contributed by atoms with Crippen LogP contribution in [-0.4, -0.2) is 82.2 Å². The number of hydrogen-bond donors (Lipinski definition) is 1. The number of aromatic nitrogens is 4. The number of anilines is 1. The molecule has 0 atom stereocenters. The fourth-order valence-corrected chi connectivity index (χ4v) is 6.80. The number of H-pyrrole nitrogens is 1. The van der Waals surface area contributed by atoms with E-state index in [0.717, 1.165) is 115 Å². The maximum atomic E-state index is 12.1. The molecule has 3 fully saturated rings. The minimum atomic E-state index is 0.0384. The van der Waals surface area contributed by atoms with E-state index in [0.29, 0.717) is 5.92 Å². The quantitative estimate of drug-likeness (QED) is 0.348. The molecule has 4 aromatic rings. The van der Waals surface area contributed by atoms with E-state index in [4.69, 9.17) is 14.7 Å². The van der Waals surface area contributed by atoms with Gasteiger partial charge < -0.3 is 19.4 Å². The van der Waals surface area contributed by atoms with E-state index in [9.17, 15) is 4.79 Å². The van der Waals surface area contributed by atoms with Gasteiger partial charge in [-0.25, -0.2) is 9.97 Å². The molecule has 1 spiro atoms. The number of fused-ring (bicyclic) bond motifs is 2. The summed E-state index contributed by atoms with van der Waals surface area (Å²) < 4.78 is 6.68. The number of nitrogens with one attached hydrogen (secondary N) is 1. The van der Waals surface area contributed by atoms with Crippen molar-refractivity contribution < 1.29 is 9.53 Å². The Morgan fingerprint density at radius 2 is 1.85 bits per heavy atom. The Kier molecular flexibility index (Phi) is 6.42. The number of likely N-dealkylation sites (tertiary alicyclic amines) is 2. The summed E-state index contributed by atoms with van der Waals surface area (Å²) in [5, 5.41) is 9.27. The molecule has 0 unspecified atom stereocenters. The molecular formula is C32H37N7O2. The van der Waals surface area contributed by atoms with Crippen molar-refractivity contribution in [3.8, 4) is 11.5 Å². The van der Waals surface area contributed by atoms with Crippen LogP contribution in [0, 0.1) is 12.3 Å². The highest BCUT2D eigenvalue weighted by Gasteiger charge is 2.46. The average Bonchev–Trinajstić information content (AvgIpc) is 3.46. The van der Waals surface area contributed by atoms with Crippen LogP contribution in [0.3, 0.4) is 0 Å². The summed E-state index contributed by atoms with van der Waals surface area (Å²) in [6, 6.07) is 10.3. The van der Waals surface area contributed by atoms with E-state index in [1.807, 2.05) is 29.3 Å². The van der Waals surface area contributed by atoms with Gasteiger partial charge in [-0.2, -0.15) is 5.10 Å². The standard InChI is InChI=1S/C32H37N7O2/c1-4-27(40)39-19-32(20-39)12-16-38(17-13-32)31-23-6-5-7-26(41-29-21(2)8-9-25-24(29)18-33-36-25)28(23)34-30(35-31)22-10-14-37(3)15-11-22/h4-9,18,22H,1,10-17,19-20H2,2-3H3,(H,33,36). The van der Waals surface area contributed by atoms with Crippen molar-refractivity contribution in [2.45, 2.75) is 38.5 Å². The molecule has 2 aromatic heterocycles. The zero-order chi connectivity index (χ0) is 28.1. The molecule has 1 amide bonds. The van der Waals surface area contributed by atoms with Crippen LogP contribution in [0.15, 0.2) is 49.2 Å². The van der Waals surface area contributed by atoms with Crippen LogP contribution in [0.1, 0.15) is 43.0 Å². The highest BCUT2D eigenvalue weighted by molar-refractivity contribution is 5.94. The molecule has 0 saturated carbocycles. The van der Waals surface area contributed by atoms with Crippen molar-refractivity contribution in [3.63, 3.8) is 0 Å². The molecule has 0 aliphatic carbocycles. The summed E-state index contributed by atoms with van der Waals surface area (Å²) in [6.45, 7) is 11.3. The van der Waals surface area contributed by atoms with Crippen molar-refractivity contribution in [1.82, 2.24) is 30.0 Å². The van der Waals surface area contributed by atoms with Crippen LogP contribution in [0.2, 0.25) is 0 Å². The highest BCUT2D eigenvalue weighted by atomic mass is 16.5. The topological polar surface area (TPSA) is 90.5 Å². The predicted octanol–water partition coefficient (Wildman–Crippen LogP) is 5.03. The summed E-state index contributed by atoms with van der Waals surface area (Å²) in [4.78, 5) is 29.3. The molecule has 3 aliphatic heterocycles. The second-order valence-electron chi connectivity index (χ2n) is 12.2. The van der Waals surface area contributed by atoms with Crippen molar-refractivity contribution in [1.29, 1.82) is 0 Å². The number of carbonyl (C=O) groups is 1. The Morgan fingerprint density at radius 1 is 1.07 bits per heavy atom. The number of nitrogens with zero attached hydrogens (tertiary/aromatic N) is 6. The largest absolute Gasteiger partial charge is 0.454 e. The molecular weight excluding hydrogens is 514 g/mol. The molecule has 41 heavy (non-hydrogen) atoms. The number of piperidine rings is 2. The predicted molar refractivity (Wildman–Crippen MR) is 161 cm³/mol. The van der Waals surface area contributed by atoms with Crippen molar-refractivity contribution in [2.75, 3.05) is 51.2 Å². The van der Waals surface area contributed by atoms with Gasteiger partial charge in [-0.3, -0.25) is 9.89 Å². The van der Waals surface area contributed by atoms with Crippen LogP contribution < -0.4 is 9.64 Å². The van der Waals surface area contributed by atoms with E-state index in [2.05, 4.69) is 52.7 Å². The van der Waals surface area contributed by atoms with Gasteiger partial charge in [-0.05, 0) is 82.6 Å². The number of ether oxygens (including phenoxy) is 1. The zero-order valence-corrected chi connectivity index (χ0v) is 23.9. The zero-order valence-electron chi connectivity index (χ0n) is 23.9. The summed E-state index contributed by atoms with van der Waals surface area (Å²) in [7, 11) is 2.18. The first-order valence-corrected chi connectivity index (χ1v) is 14.7. The fraction of sp³-hybridized carbons (Fsp3) is 0.438. The summed E-state index contributed by atoms with van der Waals surface area (Å²) in [5.41, 5.74) is 3.06. The number of rotatable bonds is 5. The fourth-order valence-electron chi connectivity index (χ4n) is 6.80. The third-order valence-corrected chi connectivity index (χ3v) is 9.42. The third kappa shape index (κ3) is 4.62. The van der Waals surface area contributed by atoms with Crippen LogP contribution in [-0.2, 0) is 4.79 Å². The highest BCUT2D eigenvalue weighted by Crippen LogP contribution is 2.43. The van der Waals surface area contributed by atoms with Gasteiger partial charge in [0.2, 0.25) is 5.91 Å². The lowest BCUT2D eigenvalue weighted by atomic mass is 9.72. The third-order valence-electron chi connectivity index (χ3n) is 9.42. The first kappa shape index (κ1) is 26.0. The first-order chi connectivity index (χ1) is 19.9. The van der Waals surface area contributed by atoms with E-state index >= 15 is 0 Å². The lowest BCUT2D eigenvalue weighted by Gasteiger charge is -2.54. The number of para-hydroxylation sites is 1. The Labute approximate surface area is 240 Å². The number of carbonyl (C=O) groups excluding carboxylic acids is 1. The summed E-state index contributed by atoms with van der Waals surface area (Å²) in [6.07, 6.45) is 7.43. The second-order valence-corrected chi connectivity index (χ2v) is 12.2. The van der Waals surface area contributed by atoms with E-state index in [-0.39, 0.29) is 11.3 Å². The van der Waals surface area contributed by atoms with Crippen LogP contribution in [0.4, 0.5) is 5.82 Å². The lowest BCUT2D eigenvalue weighted by molar-refractivity contribution is -0.139. The van der Waals surface area contributed by atoms with Gasteiger partial charge >= 0.3 is 0 Å². The maximum absolute atomic E-state index is 12.1. The first-order valence-electron chi connectivity index (χ1n) is 14.7. The van der Waals surface area contributed by atoms with Crippen LogP contribution >= 0.6 is 0 Å². The number of amides is 1. The molecule has 1 N–H and O–H groups in total. The van der Waals surface area contributed by atoms with Gasteiger partial charge in [0.1, 0.15) is 22.9 Å². The Bertz CT molecular complexity index is 1620. The summed E-state index contributed by atoms with van der Waals surface area (Å²) in [5.74, 6) is 3.82. The Balaban J connectivity index is 1.25. The second kappa shape index (κ2) is 10.1. The number of benzene rings is 2. The van der Waals surface area contributed by atoms with Crippen molar-refractivity contribution in [3.05, 3.63) is 60.6 Å². The molecule has 7 rings (SSSR count). The molecule has 9 heteroatoms. The van der Waals surface area contributed by atoms with E-state index in [1.165, 1.54) is 6.08 Å². The smallest absolute Gasteiger partial charge is 0.245 e. The molecule has 2 aromatic carbocycles. The number of hydrogen-bond acceptors (Lipinski definition) is 7. The van der Waals surface area contributed by atoms with Gasteiger partial charge in [0, 0.05) is 42.9 Å². The van der Waals surface area contributed by atoms with Gasteiger partial charge in [0.15, 0.2) is 5.75 Å². The van der Waals surface area contributed by atoms with Gasteiger partial charge in [0.05, 0.1) is 17.1 Å². The molecule has 9 nitrogen and oxygen atoms in total. The van der Waals surface area contributed by atoms with E-state index < -0.39 is 0 Å². The molecule has 5 heterocycles. The van der Waals surface area contributed by atoms with Gasteiger partial charge in [-0.15, -0.1) is 0 Å².